The number of primary sulfonamides is 1. The van der Waals surface area contributed by atoms with Crippen LogP contribution in [-0.2, 0) is 16.6 Å². The van der Waals surface area contributed by atoms with Crippen LogP contribution in [0, 0.1) is 0 Å². The lowest BCUT2D eigenvalue weighted by Crippen LogP contribution is -2.22. The molecule has 0 fully saturated rings. The van der Waals surface area contributed by atoms with Crippen LogP contribution in [0.1, 0.15) is 24.1 Å². The third kappa shape index (κ3) is 4.19. The van der Waals surface area contributed by atoms with Crippen LogP contribution < -0.4 is 5.14 Å². The number of rotatable bonds is 6. The standard InChI is InChI=1S/C19H22N4O2S/c1-15(17-6-10-19(11-7-17)26(20,24)25)22(2)14-16-4-8-18(9-5-16)23-13-3-12-21-23/h3-13,15H,14H2,1-2H3,(H2,20,24,25). The lowest BCUT2D eigenvalue weighted by molar-refractivity contribution is 0.253. The van der Waals surface area contributed by atoms with E-state index in [2.05, 4.69) is 29.1 Å². The molecule has 1 atom stereocenters. The number of hydrogen-bond acceptors (Lipinski definition) is 4. The van der Waals surface area contributed by atoms with Crippen LogP contribution in [0.3, 0.4) is 0 Å². The molecule has 1 aromatic heterocycles. The number of sulfonamides is 1. The fraction of sp³-hybridized carbons (Fsp3) is 0.211. The van der Waals surface area contributed by atoms with Gasteiger partial charge in [-0.15, -0.1) is 0 Å². The predicted molar refractivity (Wildman–Crippen MR) is 101 cm³/mol. The first kappa shape index (κ1) is 18.3. The molecule has 0 bridgehead atoms. The number of nitrogens with zero attached hydrogens (tertiary/aromatic N) is 3. The van der Waals surface area contributed by atoms with Crippen molar-refractivity contribution in [2.24, 2.45) is 5.14 Å². The third-order valence-corrected chi connectivity index (χ3v) is 5.42. The normalized spacial score (nSPS) is 13.1. The average Bonchev–Trinajstić information content (AvgIpc) is 3.16. The van der Waals surface area contributed by atoms with Gasteiger partial charge in [0, 0.05) is 25.0 Å². The third-order valence-electron chi connectivity index (χ3n) is 4.49. The summed E-state index contributed by atoms with van der Waals surface area (Å²) in [5, 5.41) is 9.37. The first-order valence-electron chi connectivity index (χ1n) is 8.26. The summed E-state index contributed by atoms with van der Waals surface area (Å²) in [5.41, 5.74) is 3.25. The summed E-state index contributed by atoms with van der Waals surface area (Å²) in [7, 11) is -1.62. The molecular formula is C19H22N4O2S. The fourth-order valence-corrected chi connectivity index (χ4v) is 3.31. The van der Waals surface area contributed by atoms with Gasteiger partial charge in [0.15, 0.2) is 0 Å². The van der Waals surface area contributed by atoms with Gasteiger partial charge in [-0.05, 0) is 55.4 Å². The highest BCUT2D eigenvalue weighted by atomic mass is 32.2. The van der Waals surface area contributed by atoms with Crippen molar-refractivity contribution >= 4 is 10.0 Å². The highest BCUT2D eigenvalue weighted by molar-refractivity contribution is 7.89. The van der Waals surface area contributed by atoms with E-state index >= 15 is 0 Å². The summed E-state index contributed by atoms with van der Waals surface area (Å²) in [6, 6.07) is 17.0. The minimum absolute atomic E-state index is 0.130. The second-order valence-corrected chi connectivity index (χ2v) is 7.88. The van der Waals surface area contributed by atoms with Crippen molar-refractivity contribution in [2.45, 2.75) is 24.4 Å². The molecule has 0 aliphatic heterocycles. The summed E-state index contributed by atoms with van der Waals surface area (Å²) in [5.74, 6) is 0. The SMILES string of the molecule is CC(c1ccc(S(N)(=O)=O)cc1)N(C)Cc1ccc(-n2cccn2)cc1. The molecule has 0 amide bonds. The Bertz CT molecular complexity index is 950. The zero-order chi connectivity index (χ0) is 18.7. The average molecular weight is 370 g/mol. The molecule has 0 aliphatic rings. The molecule has 3 aromatic rings. The van der Waals surface area contributed by atoms with Gasteiger partial charge < -0.3 is 0 Å². The van der Waals surface area contributed by atoms with E-state index in [1.165, 1.54) is 5.56 Å². The predicted octanol–water partition coefficient (Wildman–Crippen LogP) is 2.71. The van der Waals surface area contributed by atoms with Crippen molar-refractivity contribution in [3.05, 3.63) is 78.1 Å². The van der Waals surface area contributed by atoms with Crippen molar-refractivity contribution in [1.29, 1.82) is 0 Å². The molecule has 2 N–H and O–H groups in total. The molecule has 0 spiro atoms. The topological polar surface area (TPSA) is 81.2 Å². The Morgan fingerprint density at radius 3 is 2.31 bits per heavy atom. The maximum Gasteiger partial charge on any atom is 0.238 e. The van der Waals surface area contributed by atoms with E-state index < -0.39 is 10.0 Å². The van der Waals surface area contributed by atoms with E-state index in [1.807, 2.05) is 48.3 Å². The number of aromatic nitrogens is 2. The lowest BCUT2D eigenvalue weighted by Gasteiger charge is -2.25. The van der Waals surface area contributed by atoms with E-state index in [4.69, 9.17) is 5.14 Å². The molecule has 0 saturated heterocycles. The smallest absolute Gasteiger partial charge is 0.238 e. The molecule has 0 radical (unpaired) electrons. The summed E-state index contributed by atoms with van der Waals surface area (Å²) >= 11 is 0. The molecule has 26 heavy (non-hydrogen) atoms. The minimum Gasteiger partial charge on any atom is -0.295 e. The van der Waals surface area contributed by atoms with Gasteiger partial charge in [0.25, 0.3) is 0 Å². The number of nitrogens with two attached hydrogens (primary N) is 1. The second-order valence-electron chi connectivity index (χ2n) is 6.32. The van der Waals surface area contributed by atoms with Crippen LogP contribution in [0.2, 0.25) is 0 Å². The van der Waals surface area contributed by atoms with E-state index in [0.717, 1.165) is 17.8 Å². The van der Waals surface area contributed by atoms with Gasteiger partial charge in [0.1, 0.15) is 0 Å². The molecule has 1 unspecified atom stereocenters. The van der Waals surface area contributed by atoms with Crippen LogP contribution in [0.4, 0.5) is 0 Å². The number of benzene rings is 2. The van der Waals surface area contributed by atoms with E-state index in [1.54, 1.807) is 18.3 Å². The molecule has 6 nitrogen and oxygen atoms in total. The van der Waals surface area contributed by atoms with Crippen LogP contribution in [0.5, 0.6) is 0 Å². The summed E-state index contributed by atoms with van der Waals surface area (Å²) in [6.45, 7) is 2.86. The Kier molecular flexibility index (Phi) is 5.22. The first-order valence-corrected chi connectivity index (χ1v) is 9.81. The zero-order valence-electron chi connectivity index (χ0n) is 14.8. The highest BCUT2D eigenvalue weighted by Crippen LogP contribution is 2.22. The Morgan fingerprint density at radius 2 is 1.77 bits per heavy atom. The van der Waals surface area contributed by atoms with Crippen molar-refractivity contribution in [1.82, 2.24) is 14.7 Å². The maximum atomic E-state index is 11.4. The first-order chi connectivity index (χ1) is 12.3. The largest absolute Gasteiger partial charge is 0.295 e. The van der Waals surface area contributed by atoms with E-state index in [-0.39, 0.29) is 10.9 Å². The van der Waals surface area contributed by atoms with E-state index in [0.29, 0.717) is 0 Å². The van der Waals surface area contributed by atoms with Gasteiger partial charge in [-0.25, -0.2) is 18.2 Å². The van der Waals surface area contributed by atoms with Crippen molar-refractivity contribution in [3.8, 4) is 5.69 Å². The fourth-order valence-electron chi connectivity index (χ4n) is 2.79. The second kappa shape index (κ2) is 7.41. The zero-order valence-corrected chi connectivity index (χ0v) is 15.6. The monoisotopic (exact) mass is 370 g/mol. The minimum atomic E-state index is -3.66. The van der Waals surface area contributed by atoms with Crippen LogP contribution in [0.15, 0.2) is 71.9 Å². The van der Waals surface area contributed by atoms with Gasteiger partial charge >= 0.3 is 0 Å². The molecular weight excluding hydrogens is 348 g/mol. The van der Waals surface area contributed by atoms with Crippen LogP contribution >= 0.6 is 0 Å². The Hall–Kier alpha value is -2.48. The van der Waals surface area contributed by atoms with Crippen LogP contribution in [-0.4, -0.2) is 30.1 Å². The van der Waals surface area contributed by atoms with Gasteiger partial charge in [0.2, 0.25) is 10.0 Å². The van der Waals surface area contributed by atoms with Crippen molar-refractivity contribution in [3.63, 3.8) is 0 Å². The van der Waals surface area contributed by atoms with Gasteiger partial charge in [-0.1, -0.05) is 24.3 Å². The molecule has 3 rings (SSSR count). The summed E-state index contributed by atoms with van der Waals surface area (Å²) in [6.07, 6.45) is 3.67. The Balaban J connectivity index is 1.68. The molecule has 0 aliphatic carbocycles. The maximum absolute atomic E-state index is 11.4. The van der Waals surface area contributed by atoms with Crippen molar-refractivity contribution in [2.75, 3.05) is 7.05 Å². The Morgan fingerprint density at radius 1 is 1.12 bits per heavy atom. The molecule has 2 aromatic carbocycles. The molecule has 0 saturated carbocycles. The van der Waals surface area contributed by atoms with Gasteiger partial charge in [0.05, 0.1) is 10.6 Å². The summed E-state index contributed by atoms with van der Waals surface area (Å²) < 4.78 is 24.5. The van der Waals surface area contributed by atoms with Crippen molar-refractivity contribution < 1.29 is 8.42 Å². The van der Waals surface area contributed by atoms with E-state index in [9.17, 15) is 8.42 Å². The van der Waals surface area contributed by atoms with Crippen LogP contribution in [0.25, 0.3) is 5.69 Å². The lowest BCUT2D eigenvalue weighted by atomic mass is 10.1. The highest BCUT2D eigenvalue weighted by Gasteiger charge is 2.14. The van der Waals surface area contributed by atoms with Gasteiger partial charge in [-0.2, -0.15) is 5.10 Å². The number of hydrogen-bond donors (Lipinski definition) is 1. The molecule has 136 valence electrons. The Labute approximate surface area is 153 Å². The van der Waals surface area contributed by atoms with Gasteiger partial charge in [-0.3, -0.25) is 4.90 Å². The molecule has 1 heterocycles. The summed E-state index contributed by atoms with van der Waals surface area (Å²) in [4.78, 5) is 2.33. The quantitative estimate of drug-likeness (QED) is 0.723. The molecule has 7 heteroatoms.